The average molecular weight is 203 g/mol. The topological polar surface area (TPSA) is 74.9 Å². The van der Waals surface area contributed by atoms with Gasteiger partial charge >= 0.3 is 0 Å². The molecule has 4 nitrogen and oxygen atoms in total. The van der Waals surface area contributed by atoms with Gasteiger partial charge in [0.1, 0.15) is 11.6 Å². The molecule has 2 rings (SSSR count). The van der Waals surface area contributed by atoms with Crippen molar-refractivity contribution in [2.45, 2.75) is 13.0 Å². The molecule has 0 saturated heterocycles. The predicted octanol–water partition coefficient (Wildman–Crippen LogP) is 1.16. The maximum absolute atomic E-state index is 9.12. The third kappa shape index (κ3) is 2.35. The molecule has 15 heavy (non-hydrogen) atoms. The fourth-order valence-electron chi connectivity index (χ4n) is 1.41. The molecule has 0 aliphatic rings. The number of nitrogens with zero attached hydrogens (tertiary/aromatic N) is 1. The van der Waals surface area contributed by atoms with Gasteiger partial charge in [-0.1, -0.05) is 12.1 Å². The zero-order chi connectivity index (χ0) is 10.7. The Morgan fingerprint density at radius 3 is 2.60 bits per heavy atom. The van der Waals surface area contributed by atoms with E-state index in [0.717, 1.165) is 23.5 Å². The average Bonchev–Trinajstić information content (AvgIpc) is 2.69. The Kier molecular flexibility index (Phi) is 2.69. The first-order valence-corrected chi connectivity index (χ1v) is 4.78. The van der Waals surface area contributed by atoms with E-state index in [4.69, 9.17) is 10.8 Å². The number of phenols is 1. The number of nitrogens with two attached hydrogens (primary N) is 1. The van der Waals surface area contributed by atoms with Crippen LogP contribution in [0.15, 0.2) is 30.5 Å². The van der Waals surface area contributed by atoms with Crippen LogP contribution in [-0.2, 0) is 13.0 Å². The number of nitrogens with one attached hydrogen (secondary N) is 1. The van der Waals surface area contributed by atoms with Gasteiger partial charge in [-0.2, -0.15) is 0 Å². The molecule has 0 radical (unpaired) electrons. The number of benzene rings is 1. The molecule has 1 heterocycles. The van der Waals surface area contributed by atoms with Gasteiger partial charge in [0.2, 0.25) is 0 Å². The second kappa shape index (κ2) is 4.14. The second-order valence-electron chi connectivity index (χ2n) is 3.40. The maximum Gasteiger partial charge on any atom is 0.115 e. The summed E-state index contributed by atoms with van der Waals surface area (Å²) in [5.41, 5.74) is 7.51. The van der Waals surface area contributed by atoms with Crippen LogP contribution in [0.5, 0.6) is 5.75 Å². The fourth-order valence-corrected chi connectivity index (χ4v) is 1.41. The van der Waals surface area contributed by atoms with Gasteiger partial charge in [-0.3, -0.25) is 0 Å². The van der Waals surface area contributed by atoms with Gasteiger partial charge in [-0.15, -0.1) is 0 Å². The monoisotopic (exact) mass is 203 g/mol. The normalized spacial score (nSPS) is 10.5. The van der Waals surface area contributed by atoms with Gasteiger partial charge in [0.25, 0.3) is 0 Å². The maximum atomic E-state index is 9.12. The highest BCUT2D eigenvalue weighted by Gasteiger charge is 2.00. The van der Waals surface area contributed by atoms with Gasteiger partial charge in [-0.05, 0) is 17.7 Å². The Labute approximate surface area is 87.8 Å². The molecule has 0 atom stereocenters. The number of aromatic nitrogens is 2. The standard InChI is InChI=1S/C11H13N3O/c12-6-9-7-13-11(14-9)5-8-1-3-10(15)4-2-8/h1-4,7,15H,5-6,12H2,(H,13,14). The van der Waals surface area contributed by atoms with Gasteiger partial charge in [0.15, 0.2) is 0 Å². The molecule has 0 aliphatic heterocycles. The highest BCUT2D eigenvalue weighted by Crippen LogP contribution is 2.12. The third-order valence-electron chi connectivity index (χ3n) is 2.21. The van der Waals surface area contributed by atoms with E-state index in [9.17, 15) is 0 Å². The third-order valence-corrected chi connectivity index (χ3v) is 2.21. The van der Waals surface area contributed by atoms with Crippen molar-refractivity contribution in [2.75, 3.05) is 0 Å². The molecule has 0 bridgehead atoms. The van der Waals surface area contributed by atoms with Crippen LogP contribution in [0, 0.1) is 0 Å². The summed E-state index contributed by atoms with van der Waals surface area (Å²) in [6.07, 6.45) is 2.47. The van der Waals surface area contributed by atoms with Crippen LogP contribution >= 0.6 is 0 Å². The molecule has 0 amide bonds. The lowest BCUT2D eigenvalue weighted by molar-refractivity contribution is 0.475. The zero-order valence-electron chi connectivity index (χ0n) is 8.27. The molecule has 4 heteroatoms. The number of phenolic OH excluding ortho intramolecular Hbond substituents is 1. The zero-order valence-corrected chi connectivity index (χ0v) is 8.27. The lowest BCUT2D eigenvalue weighted by atomic mass is 10.1. The van der Waals surface area contributed by atoms with E-state index in [1.807, 2.05) is 12.1 Å². The Hall–Kier alpha value is -1.81. The molecule has 0 unspecified atom stereocenters. The minimum Gasteiger partial charge on any atom is -0.508 e. The summed E-state index contributed by atoms with van der Waals surface area (Å²) >= 11 is 0. The first kappa shape index (κ1) is 9.73. The Balaban J connectivity index is 2.11. The van der Waals surface area contributed by atoms with E-state index in [2.05, 4.69) is 9.97 Å². The number of H-pyrrole nitrogens is 1. The van der Waals surface area contributed by atoms with Gasteiger partial charge in [0.05, 0.1) is 0 Å². The van der Waals surface area contributed by atoms with Crippen molar-refractivity contribution in [3.8, 4) is 5.75 Å². The largest absolute Gasteiger partial charge is 0.508 e. The first-order valence-electron chi connectivity index (χ1n) is 4.78. The molecule has 4 N–H and O–H groups in total. The summed E-state index contributed by atoms with van der Waals surface area (Å²) in [6.45, 7) is 0.475. The number of hydrogen-bond acceptors (Lipinski definition) is 3. The van der Waals surface area contributed by atoms with Crippen LogP contribution in [0.25, 0.3) is 0 Å². The summed E-state index contributed by atoms with van der Waals surface area (Å²) in [4.78, 5) is 7.33. The van der Waals surface area contributed by atoms with E-state index in [1.165, 1.54) is 0 Å². The number of aromatic amines is 1. The minimum atomic E-state index is 0.279. The van der Waals surface area contributed by atoms with Crippen LogP contribution in [0.4, 0.5) is 0 Å². The van der Waals surface area contributed by atoms with E-state index < -0.39 is 0 Å². The smallest absolute Gasteiger partial charge is 0.115 e. The van der Waals surface area contributed by atoms with Gasteiger partial charge in [0, 0.05) is 24.9 Å². The quantitative estimate of drug-likeness (QED) is 0.700. The molecule has 0 fully saturated rings. The second-order valence-corrected chi connectivity index (χ2v) is 3.40. The van der Waals surface area contributed by atoms with Crippen molar-refractivity contribution < 1.29 is 5.11 Å². The molecule has 0 aliphatic carbocycles. The molecular weight excluding hydrogens is 190 g/mol. The summed E-state index contributed by atoms with van der Waals surface area (Å²) in [7, 11) is 0. The predicted molar refractivity (Wildman–Crippen MR) is 57.4 cm³/mol. The van der Waals surface area contributed by atoms with E-state index >= 15 is 0 Å². The summed E-state index contributed by atoms with van der Waals surface area (Å²) in [5, 5.41) is 9.12. The fraction of sp³-hybridized carbons (Fsp3) is 0.182. The molecule has 78 valence electrons. The van der Waals surface area contributed by atoms with Gasteiger partial charge < -0.3 is 15.8 Å². The number of aromatic hydroxyl groups is 1. The summed E-state index contributed by atoms with van der Waals surface area (Å²) in [5.74, 6) is 1.17. The van der Waals surface area contributed by atoms with E-state index in [0.29, 0.717) is 6.54 Å². The highest BCUT2D eigenvalue weighted by atomic mass is 16.3. The molecule has 2 aromatic rings. The van der Waals surface area contributed by atoms with Gasteiger partial charge in [-0.25, -0.2) is 4.98 Å². The van der Waals surface area contributed by atoms with Crippen LogP contribution in [0.1, 0.15) is 17.1 Å². The van der Waals surface area contributed by atoms with Crippen LogP contribution in [0.2, 0.25) is 0 Å². The number of hydrogen-bond donors (Lipinski definition) is 3. The van der Waals surface area contributed by atoms with E-state index in [1.54, 1.807) is 18.3 Å². The Morgan fingerprint density at radius 1 is 1.27 bits per heavy atom. The molecular formula is C11H13N3O. The molecule has 1 aromatic carbocycles. The van der Waals surface area contributed by atoms with Crippen LogP contribution < -0.4 is 5.73 Å². The lowest BCUT2D eigenvalue weighted by Crippen LogP contribution is -1.96. The van der Waals surface area contributed by atoms with E-state index in [-0.39, 0.29) is 5.75 Å². The molecule has 0 spiro atoms. The SMILES string of the molecule is NCc1cnc(Cc2ccc(O)cc2)[nH]1. The highest BCUT2D eigenvalue weighted by molar-refractivity contribution is 5.27. The Bertz CT molecular complexity index is 433. The Morgan fingerprint density at radius 2 is 2.00 bits per heavy atom. The van der Waals surface area contributed by atoms with Crippen molar-refractivity contribution in [2.24, 2.45) is 5.73 Å². The van der Waals surface area contributed by atoms with Crippen molar-refractivity contribution in [1.29, 1.82) is 0 Å². The minimum absolute atomic E-state index is 0.279. The number of rotatable bonds is 3. The van der Waals surface area contributed by atoms with Crippen molar-refractivity contribution >= 4 is 0 Å². The molecule has 0 saturated carbocycles. The number of imidazole rings is 1. The van der Waals surface area contributed by atoms with Crippen molar-refractivity contribution in [3.63, 3.8) is 0 Å². The van der Waals surface area contributed by atoms with Crippen molar-refractivity contribution in [1.82, 2.24) is 9.97 Å². The summed E-state index contributed by atoms with van der Waals surface area (Å²) < 4.78 is 0. The van der Waals surface area contributed by atoms with Crippen LogP contribution in [0.3, 0.4) is 0 Å². The lowest BCUT2D eigenvalue weighted by Gasteiger charge is -1.98. The summed E-state index contributed by atoms with van der Waals surface area (Å²) in [6, 6.07) is 7.09. The molecule has 1 aromatic heterocycles. The van der Waals surface area contributed by atoms with Crippen LogP contribution in [-0.4, -0.2) is 15.1 Å². The first-order chi connectivity index (χ1) is 7.28. The van der Waals surface area contributed by atoms with Crippen molar-refractivity contribution in [3.05, 3.63) is 47.5 Å².